The van der Waals surface area contributed by atoms with Crippen LogP contribution in [0.4, 0.5) is 5.69 Å². The van der Waals surface area contributed by atoms with Gasteiger partial charge < -0.3 is 10.1 Å². The number of hydrogen-bond donors (Lipinski definition) is 1. The molecule has 0 aliphatic heterocycles. The minimum absolute atomic E-state index is 0.0118. The molecule has 1 heterocycles. The first-order chi connectivity index (χ1) is 11.9. The Hall–Kier alpha value is -2.40. The summed E-state index contributed by atoms with van der Waals surface area (Å²) < 4.78 is 6.80. The molecule has 1 amide bonds. The van der Waals surface area contributed by atoms with Gasteiger partial charge in [0, 0.05) is 5.69 Å². The molecule has 2 aromatic carbocycles. The number of amides is 1. The normalized spacial score (nSPS) is 11.1. The van der Waals surface area contributed by atoms with E-state index in [1.165, 1.54) is 5.56 Å². The Morgan fingerprint density at radius 1 is 1.20 bits per heavy atom. The molecule has 0 radical (unpaired) electrons. The number of thiazole rings is 1. The predicted octanol–water partition coefficient (Wildman–Crippen LogP) is 5.05. The minimum atomic E-state index is -0.171. The molecule has 1 N–H and O–H groups in total. The van der Waals surface area contributed by atoms with Gasteiger partial charge in [0.15, 0.2) is 6.61 Å². The molecule has 0 unspecified atom stereocenters. The Balaban J connectivity index is 1.65. The first-order valence-corrected chi connectivity index (χ1v) is 9.14. The fraction of sp³-hybridized carbons (Fsp3) is 0.300. The standard InChI is InChI=1S/C20H22N2O2S/c1-12(2)15-6-5-13(3)18(9-15)24-11-20(23)22-16-7-8-17-19(10-16)25-14(4)21-17/h5-10,12H,11H2,1-4H3,(H,22,23). The van der Waals surface area contributed by atoms with Crippen molar-refractivity contribution in [3.63, 3.8) is 0 Å². The molecule has 0 fully saturated rings. The van der Waals surface area contributed by atoms with Crippen LogP contribution in [0, 0.1) is 13.8 Å². The second-order valence-corrected chi connectivity index (χ2v) is 7.67. The minimum Gasteiger partial charge on any atom is -0.483 e. The van der Waals surface area contributed by atoms with E-state index in [-0.39, 0.29) is 12.5 Å². The molecule has 0 atom stereocenters. The Labute approximate surface area is 151 Å². The molecule has 0 saturated heterocycles. The van der Waals surface area contributed by atoms with E-state index < -0.39 is 0 Å². The number of rotatable bonds is 5. The van der Waals surface area contributed by atoms with Gasteiger partial charge in [-0.2, -0.15) is 0 Å². The molecule has 1 aromatic heterocycles. The molecular formula is C20H22N2O2S. The second-order valence-electron chi connectivity index (χ2n) is 6.43. The molecule has 0 saturated carbocycles. The zero-order valence-corrected chi connectivity index (χ0v) is 15.7. The fourth-order valence-corrected chi connectivity index (χ4v) is 3.46. The van der Waals surface area contributed by atoms with Crippen LogP contribution >= 0.6 is 11.3 Å². The highest BCUT2D eigenvalue weighted by Gasteiger charge is 2.09. The largest absolute Gasteiger partial charge is 0.483 e. The van der Waals surface area contributed by atoms with Crippen molar-refractivity contribution in [1.29, 1.82) is 0 Å². The quantitative estimate of drug-likeness (QED) is 0.697. The van der Waals surface area contributed by atoms with Crippen molar-refractivity contribution in [1.82, 2.24) is 4.98 Å². The molecule has 130 valence electrons. The maximum Gasteiger partial charge on any atom is 0.262 e. The average Bonchev–Trinajstić information content (AvgIpc) is 2.93. The molecule has 0 aliphatic rings. The Morgan fingerprint density at radius 2 is 2.00 bits per heavy atom. The van der Waals surface area contributed by atoms with E-state index >= 15 is 0 Å². The first kappa shape index (κ1) is 17.4. The van der Waals surface area contributed by atoms with Crippen LogP contribution in [0.2, 0.25) is 0 Å². The van der Waals surface area contributed by atoms with Gasteiger partial charge in [-0.25, -0.2) is 4.98 Å². The number of benzene rings is 2. The van der Waals surface area contributed by atoms with Gasteiger partial charge in [-0.05, 0) is 55.2 Å². The van der Waals surface area contributed by atoms with Crippen molar-refractivity contribution in [2.45, 2.75) is 33.6 Å². The van der Waals surface area contributed by atoms with Crippen molar-refractivity contribution in [2.24, 2.45) is 0 Å². The van der Waals surface area contributed by atoms with E-state index in [9.17, 15) is 4.79 Å². The lowest BCUT2D eigenvalue weighted by atomic mass is 10.0. The van der Waals surface area contributed by atoms with Gasteiger partial charge in [0.05, 0.1) is 15.2 Å². The van der Waals surface area contributed by atoms with E-state index in [1.807, 2.05) is 44.2 Å². The van der Waals surface area contributed by atoms with Crippen LogP contribution in [-0.2, 0) is 4.79 Å². The summed E-state index contributed by atoms with van der Waals surface area (Å²) in [5, 5.41) is 3.90. The number of fused-ring (bicyclic) bond motifs is 1. The third-order valence-corrected chi connectivity index (χ3v) is 4.95. The molecule has 25 heavy (non-hydrogen) atoms. The lowest BCUT2D eigenvalue weighted by molar-refractivity contribution is -0.118. The topological polar surface area (TPSA) is 51.2 Å². The van der Waals surface area contributed by atoms with E-state index in [0.29, 0.717) is 5.92 Å². The first-order valence-electron chi connectivity index (χ1n) is 8.33. The second kappa shape index (κ2) is 7.23. The highest BCUT2D eigenvalue weighted by atomic mass is 32.1. The lowest BCUT2D eigenvalue weighted by Gasteiger charge is -2.13. The van der Waals surface area contributed by atoms with Crippen molar-refractivity contribution in [3.05, 3.63) is 52.5 Å². The van der Waals surface area contributed by atoms with E-state index in [1.54, 1.807) is 11.3 Å². The summed E-state index contributed by atoms with van der Waals surface area (Å²) in [6.45, 7) is 8.22. The Bertz CT molecular complexity index is 915. The number of nitrogens with zero attached hydrogens (tertiary/aromatic N) is 1. The molecule has 3 rings (SSSR count). The Morgan fingerprint density at radius 3 is 2.76 bits per heavy atom. The summed E-state index contributed by atoms with van der Waals surface area (Å²) in [5.41, 5.74) is 3.95. The summed E-state index contributed by atoms with van der Waals surface area (Å²) in [6.07, 6.45) is 0. The van der Waals surface area contributed by atoms with Crippen molar-refractivity contribution < 1.29 is 9.53 Å². The molecule has 0 bridgehead atoms. The van der Waals surface area contributed by atoms with Crippen LogP contribution in [0.5, 0.6) is 5.75 Å². The van der Waals surface area contributed by atoms with Gasteiger partial charge in [-0.1, -0.05) is 26.0 Å². The fourth-order valence-electron chi connectivity index (χ4n) is 2.59. The van der Waals surface area contributed by atoms with Crippen molar-refractivity contribution in [2.75, 3.05) is 11.9 Å². The molecule has 0 aliphatic carbocycles. The van der Waals surface area contributed by atoms with Crippen LogP contribution in [0.15, 0.2) is 36.4 Å². The Kier molecular flexibility index (Phi) is 5.04. The van der Waals surface area contributed by atoms with Crippen LogP contribution in [0.25, 0.3) is 10.2 Å². The van der Waals surface area contributed by atoms with Gasteiger partial charge in [0.25, 0.3) is 5.91 Å². The molecule has 0 spiro atoms. The van der Waals surface area contributed by atoms with Gasteiger partial charge in [-0.3, -0.25) is 4.79 Å². The third kappa shape index (κ3) is 4.17. The van der Waals surface area contributed by atoms with Crippen molar-refractivity contribution >= 4 is 33.1 Å². The number of nitrogens with one attached hydrogen (secondary N) is 1. The van der Waals surface area contributed by atoms with E-state index in [0.717, 1.165) is 32.2 Å². The number of hydrogen-bond acceptors (Lipinski definition) is 4. The van der Waals surface area contributed by atoms with Gasteiger partial charge in [0.2, 0.25) is 0 Å². The molecule has 5 heteroatoms. The predicted molar refractivity (Wildman–Crippen MR) is 104 cm³/mol. The number of aryl methyl sites for hydroxylation is 2. The number of anilines is 1. The maximum absolute atomic E-state index is 12.2. The van der Waals surface area contributed by atoms with Gasteiger partial charge >= 0.3 is 0 Å². The maximum atomic E-state index is 12.2. The number of carbonyl (C=O) groups excluding carboxylic acids is 1. The van der Waals surface area contributed by atoms with Crippen LogP contribution in [0.1, 0.15) is 35.9 Å². The van der Waals surface area contributed by atoms with Crippen molar-refractivity contribution in [3.8, 4) is 5.75 Å². The summed E-state index contributed by atoms with van der Waals surface area (Å²) in [6, 6.07) is 11.9. The summed E-state index contributed by atoms with van der Waals surface area (Å²) in [4.78, 5) is 16.6. The summed E-state index contributed by atoms with van der Waals surface area (Å²) in [5.74, 6) is 1.01. The zero-order valence-electron chi connectivity index (χ0n) is 14.9. The van der Waals surface area contributed by atoms with Crippen LogP contribution in [0.3, 0.4) is 0 Å². The van der Waals surface area contributed by atoms with E-state index in [4.69, 9.17) is 4.74 Å². The zero-order chi connectivity index (χ0) is 18.0. The van der Waals surface area contributed by atoms with Gasteiger partial charge in [-0.15, -0.1) is 11.3 Å². The third-order valence-electron chi connectivity index (χ3n) is 4.02. The van der Waals surface area contributed by atoms with Gasteiger partial charge in [0.1, 0.15) is 5.75 Å². The number of carbonyl (C=O) groups is 1. The number of ether oxygens (including phenoxy) is 1. The van der Waals surface area contributed by atoms with E-state index in [2.05, 4.69) is 30.2 Å². The monoisotopic (exact) mass is 354 g/mol. The number of aromatic nitrogens is 1. The highest BCUT2D eigenvalue weighted by Crippen LogP contribution is 2.26. The van der Waals surface area contributed by atoms with Crippen LogP contribution < -0.4 is 10.1 Å². The smallest absolute Gasteiger partial charge is 0.262 e. The molecular weight excluding hydrogens is 332 g/mol. The van der Waals surface area contributed by atoms with Crippen LogP contribution in [-0.4, -0.2) is 17.5 Å². The molecule has 3 aromatic rings. The summed E-state index contributed by atoms with van der Waals surface area (Å²) in [7, 11) is 0. The average molecular weight is 354 g/mol. The lowest BCUT2D eigenvalue weighted by Crippen LogP contribution is -2.20. The SMILES string of the molecule is Cc1nc2ccc(NC(=O)COc3cc(C(C)C)ccc3C)cc2s1. The highest BCUT2D eigenvalue weighted by molar-refractivity contribution is 7.18. The summed E-state index contributed by atoms with van der Waals surface area (Å²) >= 11 is 1.62. The molecule has 4 nitrogen and oxygen atoms in total.